The molecule has 2 aromatic carbocycles. The quantitative estimate of drug-likeness (QED) is 0.614. The zero-order valence-corrected chi connectivity index (χ0v) is 16.4. The SMILES string of the molecule is CS(=O)c1c[c]([Sn]([CH3])([CH3])[CH3])cc2c1C(=O)c1ccccc1-2. The van der Waals surface area contributed by atoms with Crippen molar-refractivity contribution >= 4 is 38.5 Å². The van der Waals surface area contributed by atoms with E-state index >= 15 is 0 Å². The molecule has 4 heteroatoms. The van der Waals surface area contributed by atoms with Crippen LogP contribution in [0.25, 0.3) is 11.1 Å². The van der Waals surface area contributed by atoms with E-state index in [9.17, 15) is 9.00 Å². The van der Waals surface area contributed by atoms with Gasteiger partial charge in [-0.3, -0.25) is 0 Å². The summed E-state index contributed by atoms with van der Waals surface area (Å²) in [6, 6.07) is 11.9. The summed E-state index contributed by atoms with van der Waals surface area (Å²) in [6.45, 7) is 0. The summed E-state index contributed by atoms with van der Waals surface area (Å²) >= 11 is -2.31. The van der Waals surface area contributed by atoms with Crippen LogP contribution in [0.3, 0.4) is 0 Å². The Morgan fingerprint density at radius 3 is 2.14 bits per heavy atom. The standard InChI is InChI=1S/C14H9O2S.3CH3.Sn/c1-17(16)12-8-4-7-10-9-5-2-3-6-11(9)14(15)13(10)12;;;;/h2-3,5-8H,1H3;3*1H3;. The van der Waals surface area contributed by atoms with E-state index in [1.165, 1.54) is 3.58 Å². The molecule has 3 rings (SSSR count). The number of carbonyl (C=O) groups excluding carboxylic acids is 1. The molecule has 1 atom stereocenters. The van der Waals surface area contributed by atoms with Gasteiger partial charge in [-0.2, -0.15) is 0 Å². The van der Waals surface area contributed by atoms with Gasteiger partial charge in [-0.05, 0) is 0 Å². The second-order valence-electron chi connectivity index (χ2n) is 6.48. The molecule has 1 unspecified atom stereocenters. The molecule has 0 fully saturated rings. The molecule has 0 saturated carbocycles. The number of rotatable bonds is 2. The Labute approximate surface area is 131 Å². The van der Waals surface area contributed by atoms with Crippen molar-refractivity contribution in [3.63, 3.8) is 0 Å². The Morgan fingerprint density at radius 2 is 1.57 bits per heavy atom. The Kier molecular flexibility index (Phi) is 3.61. The Morgan fingerprint density at radius 1 is 0.952 bits per heavy atom. The first kappa shape index (κ1) is 15.0. The van der Waals surface area contributed by atoms with Crippen LogP contribution in [-0.2, 0) is 10.8 Å². The zero-order chi connectivity index (χ0) is 15.4. The fourth-order valence-corrected chi connectivity index (χ4v) is 7.15. The predicted octanol–water partition coefficient (Wildman–Crippen LogP) is 3.18. The van der Waals surface area contributed by atoms with Gasteiger partial charge in [0.25, 0.3) is 0 Å². The van der Waals surface area contributed by atoms with E-state index < -0.39 is 29.2 Å². The minimum absolute atomic E-state index is 0.0152. The summed E-state index contributed by atoms with van der Waals surface area (Å²) in [6.07, 6.45) is 1.66. The maximum atomic E-state index is 12.7. The van der Waals surface area contributed by atoms with Crippen molar-refractivity contribution in [1.29, 1.82) is 0 Å². The normalized spacial score (nSPS) is 14.8. The molecule has 0 radical (unpaired) electrons. The van der Waals surface area contributed by atoms with Crippen molar-refractivity contribution in [2.24, 2.45) is 0 Å². The van der Waals surface area contributed by atoms with Crippen molar-refractivity contribution in [2.45, 2.75) is 19.7 Å². The van der Waals surface area contributed by atoms with E-state index in [1.54, 1.807) is 6.26 Å². The average molecular weight is 405 g/mol. The third kappa shape index (κ3) is 2.40. The molecule has 0 saturated heterocycles. The van der Waals surface area contributed by atoms with E-state index in [2.05, 4.69) is 20.9 Å². The fourth-order valence-electron chi connectivity index (χ4n) is 2.77. The number of carbonyl (C=O) groups is 1. The molecule has 0 spiro atoms. The average Bonchev–Trinajstić information content (AvgIpc) is 2.71. The second-order valence-corrected chi connectivity index (χ2v) is 22.3. The monoisotopic (exact) mass is 406 g/mol. The third-order valence-corrected chi connectivity index (χ3v) is 10.7. The number of ketones is 1. The molecule has 0 amide bonds. The molecule has 2 aromatic rings. The van der Waals surface area contributed by atoms with Gasteiger partial charge < -0.3 is 0 Å². The van der Waals surface area contributed by atoms with Crippen LogP contribution in [0.15, 0.2) is 41.3 Å². The van der Waals surface area contributed by atoms with E-state index in [1.807, 2.05) is 30.3 Å². The Bertz CT molecular complexity index is 788. The summed E-state index contributed by atoms with van der Waals surface area (Å²) < 4.78 is 13.5. The van der Waals surface area contributed by atoms with Gasteiger partial charge in [-0.15, -0.1) is 0 Å². The van der Waals surface area contributed by atoms with Gasteiger partial charge in [-0.1, -0.05) is 0 Å². The van der Waals surface area contributed by atoms with E-state index in [0.717, 1.165) is 16.7 Å². The molecular formula is C17H18O2SSn. The molecule has 1 aliphatic carbocycles. The molecule has 1 aliphatic rings. The zero-order valence-electron chi connectivity index (χ0n) is 12.7. The van der Waals surface area contributed by atoms with Crippen LogP contribution >= 0.6 is 0 Å². The molecule has 0 aromatic heterocycles. The van der Waals surface area contributed by atoms with Crippen molar-refractivity contribution in [2.75, 3.05) is 6.26 Å². The molecule has 0 N–H and O–H groups in total. The van der Waals surface area contributed by atoms with Gasteiger partial charge in [0.05, 0.1) is 0 Å². The van der Waals surface area contributed by atoms with Crippen molar-refractivity contribution in [3.05, 3.63) is 47.5 Å². The van der Waals surface area contributed by atoms with E-state index in [-0.39, 0.29) is 5.78 Å². The van der Waals surface area contributed by atoms with Crippen LogP contribution in [0, 0.1) is 0 Å². The molecule has 0 bridgehead atoms. The maximum absolute atomic E-state index is 12.7. The van der Waals surface area contributed by atoms with Gasteiger partial charge >= 0.3 is 132 Å². The fraction of sp³-hybridized carbons (Fsp3) is 0.235. The number of hydrogen-bond acceptors (Lipinski definition) is 2. The van der Waals surface area contributed by atoms with Crippen molar-refractivity contribution in [3.8, 4) is 11.1 Å². The minimum atomic E-state index is -2.31. The molecule has 0 aliphatic heterocycles. The van der Waals surface area contributed by atoms with E-state index in [4.69, 9.17) is 0 Å². The van der Waals surface area contributed by atoms with Crippen LogP contribution in [0.4, 0.5) is 0 Å². The Balaban J connectivity index is 2.39. The first-order valence-electron chi connectivity index (χ1n) is 6.97. The third-order valence-electron chi connectivity index (χ3n) is 3.97. The summed E-state index contributed by atoms with van der Waals surface area (Å²) in [5.41, 5.74) is 3.35. The van der Waals surface area contributed by atoms with Crippen LogP contribution in [0.5, 0.6) is 0 Å². The van der Waals surface area contributed by atoms with E-state index in [0.29, 0.717) is 10.5 Å². The molecule has 21 heavy (non-hydrogen) atoms. The summed E-state index contributed by atoms with van der Waals surface area (Å²) in [4.78, 5) is 20.4. The number of benzene rings is 2. The van der Waals surface area contributed by atoms with Gasteiger partial charge in [-0.25, -0.2) is 0 Å². The molecular weight excluding hydrogens is 387 g/mol. The van der Waals surface area contributed by atoms with Crippen LogP contribution in [0.2, 0.25) is 14.8 Å². The summed E-state index contributed by atoms with van der Waals surface area (Å²) in [5.74, 6) is 0.0152. The van der Waals surface area contributed by atoms with Gasteiger partial charge in [0, 0.05) is 0 Å². The van der Waals surface area contributed by atoms with Crippen LogP contribution < -0.4 is 3.58 Å². The number of fused-ring (bicyclic) bond motifs is 3. The van der Waals surface area contributed by atoms with Crippen LogP contribution in [-0.4, -0.2) is 34.6 Å². The topological polar surface area (TPSA) is 34.1 Å². The molecule has 2 nitrogen and oxygen atoms in total. The predicted molar refractivity (Wildman–Crippen MR) is 90.6 cm³/mol. The first-order chi connectivity index (χ1) is 9.80. The van der Waals surface area contributed by atoms with Crippen molar-refractivity contribution in [1.82, 2.24) is 0 Å². The second kappa shape index (κ2) is 5.06. The van der Waals surface area contributed by atoms with Crippen molar-refractivity contribution < 1.29 is 9.00 Å². The van der Waals surface area contributed by atoms with Gasteiger partial charge in [0.15, 0.2) is 0 Å². The van der Waals surface area contributed by atoms with Crippen LogP contribution in [0.1, 0.15) is 15.9 Å². The van der Waals surface area contributed by atoms with Gasteiger partial charge in [0.1, 0.15) is 0 Å². The summed E-state index contributed by atoms with van der Waals surface area (Å²) in [5, 5.41) is 0. The first-order valence-corrected chi connectivity index (χ1v) is 18.5. The molecule has 0 heterocycles. The van der Waals surface area contributed by atoms with Gasteiger partial charge in [0.2, 0.25) is 0 Å². The molecule has 108 valence electrons. The number of hydrogen-bond donors (Lipinski definition) is 0. The Hall–Kier alpha value is -0.941. The summed E-state index contributed by atoms with van der Waals surface area (Å²) in [7, 11) is -1.15.